The third-order valence-electron chi connectivity index (χ3n) is 5.56. The molecule has 1 atom stereocenters. The molecule has 5 heteroatoms. The highest BCUT2D eigenvalue weighted by Gasteiger charge is 2.27. The van der Waals surface area contributed by atoms with Gasteiger partial charge in [-0.25, -0.2) is 0 Å². The van der Waals surface area contributed by atoms with Crippen molar-refractivity contribution in [2.24, 2.45) is 5.92 Å². The quantitative estimate of drug-likeness (QED) is 0.624. The second kappa shape index (κ2) is 8.19. The normalized spacial score (nSPS) is 16.0. The third kappa shape index (κ3) is 3.83. The van der Waals surface area contributed by atoms with E-state index in [2.05, 4.69) is 10.3 Å². The second-order valence-electron chi connectivity index (χ2n) is 7.41. The number of nitrogens with zero attached hydrogens (tertiary/aromatic N) is 1. The number of aromatic nitrogens is 1. The maximum Gasteiger partial charge on any atom is 0.223 e. The minimum absolute atomic E-state index is 0.0317. The molecule has 28 heavy (non-hydrogen) atoms. The van der Waals surface area contributed by atoms with Gasteiger partial charge >= 0.3 is 0 Å². The van der Waals surface area contributed by atoms with Crippen molar-refractivity contribution >= 4 is 28.4 Å². The number of hydrogen-bond donors (Lipinski definition) is 2. The van der Waals surface area contributed by atoms with Crippen molar-refractivity contribution < 1.29 is 9.90 Å². The first-order valence-corrected chi connectivity index (χ1v) is 10.1. The van der Waals surface area contributed by atoms with Crippen molar-refractivity contribution in [2.45, 2.75) is 38.1 Å². The van der Waals surface area contributed by atoms with Crippen LogP contribution in [0.15, 0.2) is 54.7 Å². The molecule has 0 unspecified atom stereocenters. The van der Waals surface area contributed by atoms with Crippen molar-refractivity contribution in [3.8, 4) is 5.75 Å². The Morgan fingerprint density at radius 1 is 1.07 bits per heavy atom. The minimum atomic E-state index is -0.460. The van der Waals surface area contributed by atoms with Gasteiger partial charge in [0.15, 0.2) is 0 Å². The molecule has 2 aromatic carbocycles. The summed E-state index contributed by atoms with van der Waals surface area (Å²) in [7, 11) is 0. The fourth-order valence-electron chi connectivity index (χ4n) is 4.00. The number of amides is 1. The monoisotopic (exact) mass is 394 g/mol. The summed E-state index contributed by atoms with van der Waals surface area (Å²) >= 11 is 6.05. The van der Waals surface area contributed by atoms with E-state index in [1.165, 1.54) is 6.42 Å². The molecule has 2 N–H and O–H groups in total. The lowest BCUT2D eigenvalue weighted by Gasteiger charge is -2.26. The number of rotatable bonds is 4. The number of nitrogens with one attached hydrogen (secondary N) is 1. The molecular weight excluding hydrogens is 372 g/mol. The fourth-order valence-corrected chi connectivity index (χ4v) is 4.12. The molecule has 3 aromatic rings. The largest absolute Gasteiger partial charge is 0.505 e. The number of pyridine rings is 1. The van der Waals surface area contributed by atoms with Crippen LogP contribution in [0.3, 0.4) is 0 Å². The molecule has 1 saturated carbocycles. The number of phenolic OH excluding ortho intramolecular Hbond substituents is 1. The predicted molar refractivity (Wildman–Crippen MR) is 111 cm³/mol. The fraction of sp³-hybridized carbons (Fsp3) is 0.304. The van der Waals surface area contributed by atoms with E-state index in [-0.39, 0.29) is 17.6 Å². The SMILES string of the molecule is O=C(N[C@@H](c1ccc(Cl)cc1)c1ccc2cccnc2c1O)C1CCCCC1. The standard InChI is InChI=1S/C23H23ClN2O2/c24-18-11-8-16(9-12-18)20(26-23(28)17-5-2-1-3-6-17)19-13-10-15-7-4-14-25-21(15)22(19)27/h4,7-14,17,20,27H,1-3,5-6H2,(H,26,28)/t20-/m0/s1. The van der Waals surface area contributed by atoms with Crippen LogP contribution in [0.4, 0.5) is 0 Å². The van der Waals surface area contributed by atoms with Gasteiger partial charge in [-0.05, 0) is 36.6 Å². The number of carbonyl (C=O) groups excluding carboxylic acids is 1. The number of aromatic hydroxyl groups is 1. The van der Waals surface area contributed by atoms with Crippen LogP contribution in [0.1, 0.15) is 49.3 Å². The first-order valence-electron chi connectivity index (χ1n) is 9.76. The predicted octanol–water partition coefficient (Wildman–Crippen LogP) is 5.38. The molecule has 1 aliphatic rings. The Morgan fingerprint density at radius 3 is 2.57 bits per heavy atom. The molecule has 144 valence electrons. The molecule has 1 amide bonds. The lowest BCUT2D eigenvalue weighted by atomic mass is 9.87. The molecule has 0 aliphatic heterocycles. The number of phenols is 1. The van der Waals surface area contributed by atoms with Gasteiger partial charge in [0.1, 0.15) is 11.3 Å². The molecule has 1 aromatic heterocycles. The zero-order valence-electron chi connectivity index (χ0n) is 15.6. The Morgan fingerprint density at radius 2 is 1.82 bits per heavy atom. The average Bonchev–Trinajstić information content (AvgIpc) is 2.74. The van der Waals surface area contributed by atoms with Crippen LogP contribution >= 0.6 is 11.6 Å². The van der Waals surface area contributed by atoms with Gasteiger partial charge in [0.05, 0.1) is 6.04 Å². The van der Waals surface area contributed by atoms with Gasteiger partial charge in [0, 0.05) is 28.1 Å². The lowest BCUT2D eigenvalue weighted by Crippen LogP contribution is -2.35. The maximum absolute atomic E-state index is 13.0. The van der Waals surface area contributed by atoms with E-state index in [1.54, 1.807) is 18.3 Å². The van der Waals surface area contributed by atoms with Crippen molar-refractivity contribution in [1.82, 2.24) is 10.3 Å². The Kier molecular flexibility index (Phi) is 5.49. The summed E-state index contributed by atoms with van der Waals surface area (Å²) in [6.45, 7) is 0. The van der Waals surface area contributed by atoms with Crippen LogP contribution in [-0.2, 0) is 4.79 Å². The first kappa shape index (κ1) is 18.8. The minimum Gasteiger partial charge on any atom is -0.505 e. The van der Waals surface area contributed by atoms with E-state index in [0.717, 1.165) is 36.6 Å². The highest BCUT2D eigenvalue weighted by Crippen LogP contribution is 2.35. The molecule has 1 fully saturated rings. The zero-order chi connectivity index (χ0) is 19.5. The van der Waals surface area contributed by atoms with Gasteiger partial charge in [-0.15, -0.1) is 0 Å². The number of fused-ring (bicyclic) bond motifs is 1. The first-order chi connectivity index (χ1) is 13.6. The van der Waals surface area contributed by atoms with Gasteiger partial charge < -0.3 is 10.4 Å². The Labute approximate surface area is 169 Å². The highest BCUT2D eigenvalue weighted by molar-refractivity contribution is 6.30. The van der Waals surface area contributed by atoms with Crippen LogP contribution in [0.2, 0.25) is 5.02 Å². The van der Waals surface area contributed by atoms with E-state index >= 15 is 0 Å². The van der Waals surface area contributed by atoms with Crippen LogP contribution in [0.5, 0.6) is 5.75 Å². The van der Waals surface area contributed by atoms with Gasteiger partial charge in [0.2, 0.25) is 5.91 Å². The number of halogens is 1. The van der Waals surface area contributed by atoms with Crippen LogP contribution < -0.4 is 5.32 Å². The van der Waals surface area contributed by atoms with Crippen molar-refractivity contribution in [2.75, 3.05) is 0 Å². The molecule has 0 bridgehead atoms. The van der Waals surface area contributed by atoms with E-state index in [1.807, 2.05) is 36.4 Å². The van der Waals surface area contributed by atoms with Crippen molar-refractivity contribution in [3.63, 3.8) is 0 Å². The molecule has 1 heterocycles. The van der Waals surface area contributed by atoms with Gasteiger partial charge in [-0.1, -0.05) is 61.2 Å². The molecule has 4 nitrogen and oxygen atoms in total. The van der Waals surface area contributed by atoms with E-state index in [4.69, 9.17) is 11.6 Å². The molecular formula is C23H23ClN2O2. The number of benzene rings is 2. The van der Waals surface area contributed by atoms with Crippen molar-refractivity contribution in [3.05, 3.63) is 70.9 Å². The number of hydrogen-bond acceptors (Lipinski definition) is 3. The van der Waals surface area contributed by atoms with Gasteiger partial charge in [-0.3, -0.25) is 9.78 Å². The van der Waals surface area contributed by atoms with Crippen LogP contribution in [-0.4, -0.2) is 16.0 Å². The summed E-state index contributed by atoms with van der Waals surface area (Å²) in [6, 6.07) is 14.4. The van der Waals surface area contributed by atoms with Gasteiger partial charge in [0.25, 0.3) is 0 Å². The molecule has 0 spiro atoms. The smallest absolute Gasteiger partial charge is 0.223 e. The highest BCUT2D eigenvalue weighted by atomic mass is 35.5. The zero-order valence-corrected chi connectivity index (χ0v) is 16.3. The second-order valence-corrected chi connectivity index (χ2v) is 7.84. The third-order valence-corrected chi connectivity index (χ3v) is 5.81. The summed E-state index contributed by atoms with van der Waals surface area (Å²) in [5.41, 5.74) is 2.04. The molecule has 1 aliphatic carbocycles. The lowest BCUT2D eigenvalue weighted by molar-refractivity contribution is -0.126. The van der Waals surface area contributed by atoms with E-state index in [0.29, 0.717) is 16.1 Å². The average molecular weight is 395 g/mol. The molecule has 4 rings (SSSR count). The summed E-state index contributed by atoms with van der Waals surface area (Å²) in [5, 5.41) is 15.6. The molecule has 0 saturated heterocycles. The Hall–Kier alpha value is -2.59. The Balaban J connectivity index is 1.73. The van der Waals surface area contributed by atoms with Crippen LogP contribution in [0, 0.1) is 5.92 Å². The van der Waals surface area contributed by atoms with Gasteiger partial charge in [-0.2, -0.15) is 0 Å². The Bertz CT molecular complexity index is 982. The maximum atomic E-state index is 13.0. The topological polar surface area (TPSA) is 62.2 Å². The number of carbonyl (C=O) groups is 1. The van der Waals surface area contributed by atoms with E-state index < -0.39 is 6.04 Å². The van der Waals surface area contributed by atoms with Crippen LogP contribution in [0.25, 0.3) is 10.9 Å². The van der Waals surface area contributed by atoms with Crippen molar-refractivity contribution in [1.29, 1.82) is 0 Å². The van der Waals surface area contributed by atoms with E-state index in [9.17, 15) is 9.90 Å². The summed E-state index contributed by atoms with van der Waals surface area (Å²) in [6.07, 6.45) is 6.88. The summed E-state index contributed by atoms with van der Waals surface area (Å²) in [5.74, 6) is 0.173. The molecule has 0 radical (unpaired) electrons. The summed E-state index contributed by atoms with van der Waals surface area (Å²) < 4.78 is 0. The summed E-state index contributed by atoms with van der Waals surface area (Å²) in [4.78, 5) is 17.3.